The molecule has 0 heterocycles. The smallest absolute Gasteiger partial charge is 0.251 e. The number of amides is 1. The molecule has 1 atom stereocenters. The number of hydrogen-bond donors (Lipinski definition) is 1. The van der Waals surface area contributed by atoms with Crippen molar-refractivity contribution in [1.29, 1.82) is 0 Å². The van der Waals surface area contributed by atoms with E-state index < -0.39 is 0 Å². The highest BCUT2D eigenvalue weighted by molar-refractivity contribution is 6.35. The predicted molar refractivity (Wildman–Crippen MR) is 96.3 cm³/mol. The van der Waals surface area contributed by atoms with E-state index in [1.165, 1.54) is 0 Å². The molecule has 0 aliphatic heterocycles. The molecule has 0 radical (unpaired) electrons. The summed E-state index contributed by atoms with van der Waals surface area (Å²) in [6.45, 7) is 1.90. The van der Waals surface area contributed by atoms with Crippen LogP contribution < -0.4 is 5.32 Å². The van der Waals surface area contributed by atoms with Crippen molar-refractivity contribution in [1.82, 2.24) is 5.32 Å². The third kappa shape index (κ3) is 3.49. The maximum absolute atomic E-state index is 12.5. The Hall–Kier alpha value is -2.03. The number of carbonyl (C=O) groups excluding carboxylic acids is 1. The van der Waals surface area contributed by atoms with Crippen LogP contribution >= 0.6 is 23.2 Å². The molecule has 0 unspecified atom stereocenters. The van der Waals surface area contributed by atoms with E-state index in [1.807, 2.05) is 55.5 Å². The highest BCUT2D eigenvalue weighted by Crippen LogP contribution is 2.26. The fourth-order valence-electron chi connectivity index (χ4n) is 2.54. The van der Waals surface area contributed by atoms with Crippen LogP contribution in [0.25, 0.3) is 10.8 Å². The van der Waals surface area contributed by atoms with Crippen molar-refractivity contribution < 1.29 is 4.79 Å². The van der Waals surface area contributed by atoms with E-state index in [0.717, 1.165) is 16.3 Å². The summed E-state index contributed by atoms with van der Waals surface area (Å²) in [6.07, 6.45) is 0. The maximum atomic E-state index is 12.5. The minimum Gasteiger partial charge on any atom is -0.345 e. The van der Waals surface area contributed by atoms with Crippen LogP contribution in [-0.4, -0.2) is 5.91 Å². The zero-order valence-electron chi connectivity index (χ0n) is 12.5. The van der Waals surface area contributed by atoms with E-state index in [0.29, 0.717) is 15.6 Å². The van der Waals surface area contributed by atoms with Crippen molar-refractivity contribution in [3.8, 4) is 0 Å². The lowest BCUT2D eigenvalue weighted by Gasteiger charge is -2.16. The average molecular weight is 344 g/mol. The molecule has 23 heavy (non-hydrogen) atoms. The fourth-order valence-corrected chi connectivity index (χ4v) is 3.11. The summed E-state index contributed by atoms with van der Waals surface area (Å²) in [5.74, 6) is -0.130. The van der Waals surface area contributed by atoms with Crippen LogP contribution in [0.1, 0.15) is 28.9 Å². The van der Waals surface area contributed by atoms with Crippen LogP contribution in [-0.2, 0) is 0 Å². The quantitative estimate of drug-likeness (QED) is 0.655. The van der Waals surface area contributed by atoms with Crippen molar-refractivity contribution in [3.63, 3.8) is 0 Å². The number of carbonyl (C=O) groups is 1. The predicted octanol–water partition coefficient (Wildman–Crippen LogP) is 5.64. The Morgan fingerprint density at radius 3 is 2.43 bits per heavy atom. The molecule has 0 spiro atoms. The molecule has 0 aromatic heterocycles. The lowest BCUT2D eigenvalue weighted by Crippen LogP contribution is -2.26. The zero-order valence-corrected chi connectivity index (χ0v) is 14.0. The standard InChI is InChI=1S/C19H15Cl2NO/c1-12(17-9-8-16(20)11-18(17)21)22-19(23)15-7-6-13-4-2-3-5-14(13)10-15/h2-12H,1H3,(H,22,23)/t12-/m0/s1. The molecule has 4 heteroatoms. The summed E-state index contributed by atoms with van der Waals surface area (Å²) >= 11 is 12.1. The number of fused-ring (bicyclic) bond motifs is 1. The molecule has 3 aromatic rings. The van der Waals surface area contributed by atoms with Crippen LogP contribution in [0.3, 0.4) is 0 Å². The number of hydrogen-bond acceptors (Lipinski definition) is 1. The lowest BCUT2D eigenvalue weighted by atomic mass is 10.1. The van der Waals surface area contributed by atoms with Crippen LogP contribution in [0.2, 0.25) is 10.0 Å². The van der Waals surface area contributed by atoms with Gasteiger partial charge in [-0.25, -0.2) is 0 Å². The second kappa shape index (κ2) is 6.61. The average Bonchev–Trinajstić information content (AvgIpc) is 2.54. The first-order valence-electron chi connectivity index (χ1n) is 7.29. The van der Waals surface area contributed by atoms with Gasteiger partial charge in [0.1, 0.15) is 0 Å². The summed E-state index contributed by atoms with van der Waals surface area (Å²) in [7, 11) is 0. The van der Waals surface area contributed by atoms with Crippen LogP contribution in [0, 0.1) is 0 Å². The van der Waals surface area contributed by atoms with Crippen molar-refractivity contribution >= 4 is 39.9 Å². The molecule has 1 N–H and O–H groups in total. The third-order valence-corrected chi connectivity index (χ3v) is 4.35. The summed E-state index contributed by atoms with van der Waals surface area (Å²) in [4.78, 5) is 12.5. The minimum atomic E-state index is -0.210. The van der Waals surface area contributed by atoms with Gasteiger partial charge < -0.3 is 5.32 Å². The highest BCUT2D eigenvalue weighted by Gasteiger charge is 2.14. The summed E-state index contributed by atoms with van der Waals surface area (Å²) in [6, 6.07) is 18.7. The second-order valence-electron chi connectivity index (χ2n) is 5.42. The molecule has 2 nitrogen and oxygen atoms in total. The molecule has 0 fully saturated rings. The molecular weight excluding hydrogens is 329 g/mol. The first-order chi connectivity index (χ1) is 11.0. The van der Waals surface area contributed by atoms with Gasteiger partial charge in [-0.05, 0) is 47.5 Å². The monoisotopic (exact) mass is 343 g/mol. The van der Waals surface area contributed by atoms with Gasteiger partial charge in [-0.15, -0.1) is 0 Å². The molecule has 116 valence electrons. The van der Waals surface area contributed by atoms with E-state index in [1.54, 1.807) is 12.1 Å². The SMILES string of the molecule is C[C@H](NC(=O)c1ccc2ccccc2c1)c1ccc(Cl)cc1Cl. The Morgan fingerprint density at radius 1 is 0.957 bits per heavy atom. The van der Waals surface area contributed by atoms with Crippen LogP contribution in [0.4, 0.5) is 0 Å². The van der Waals surface area contributed by atoms with Crippen molar-refractivity contribution in [2.45, 2.75) is 13.0 Å². The van der Waals surface area contributed by atoms with E-state index >= 15 is 0 Å². The zero-order chi connectivity index (χ0) is 16.4. The fraction of sp³-hybridized carbons (Fsp3) is 0.105. The first kappa shape index (κ1) is 15.9. The lowest BCUT2D eigenvalue weighted by molar-refractivity contribution is 0.0940. The summed E-state index contributed by atoms with van der Waals surface area (Å²) in [5, 5.41) is 6.24. The van der Waals surface area contributed by atoms with Gasteiger partial charge in [-0.2, -0.15) is 0 Å². The van der Waals surface area contributed by atoms with Gasteiger partial charge in [0.05, 0.1) is 6.04 Å². The molecule has 0 saturated heterocycles. The van der Waals surface area contributed by atoms with Gasteiger partial charge in [-0.3, -0.25) is 4.79 Å². The van der Waals surface area contributed by atoms with Crippen molar-refractivity contribution in [2.24, 2.45) is 0 Å². The van der Waals surface area contributed by atoms with Gasteiger partial charge >= 0.3 is 0 Å². The topological polar surface area (TPSA) is 29.1 Å². The first-order valence-corrected chi connectivity index (χ1v) is 8.05. The van der Waals surface area contributed by atoms with Crippen molar-refractivity contribution in [2.75, 3.05) is 0 Å². The van der Waals surface area contributed by atoms with Gasteiger partial charge in [0, 0.05) is 15.6 Å². The van der Waals surface area contributed by atoms with E-state index in [2.05, 4.69) is 5.32 Å². The van der Waals surface area contributed by atoms with Crippen LogP contribution in [0.15, 0.2) is 60.7 Å². The van der Waals surface area contributed by atoms with Gasteiger partial charge in [0.15, 0.2) is 0 Å². The molecule has 0 bridgehead atoms. The molecule has 0 aliphatic rings. The number of nitrogens with one attached hydrogen (secondary N) is 1. The van der Waals surface area contributed by atoms with Gasteiger partial charge in [-0.1, -0.05) is 59.6 Å². The summed E-state index contributed by atoms with van der Waals surface area (Å²) < 4.78 is 0. The molecule has 0 aliphatic carbocycles. The van der Waals surface area contributed by atoms with Crippen LogP contribution in [0.5, 0.6) is 0 Å². The molecule has 1 amide bonds. The Labute approximate surface area is 145 Å². The molecule has 3 aromatic carbocycles. The normalized spacial score (nSPS) is 12.1. The molecular formula is C19H15Cl2NO. The Kier molecular flexibility index (Phi) is 4.56. The molecule has 0 saturated carbocycles. The Bertz CT molecular complexity index is 876. The van der Waals surface area contributed by atoms with Gasteiger partial charge in [0.25, 0.3) is 5.91 Å². The largest absolute Gasteiger partial charge is 0.345 e. The Morgan fingerprint density at radius 2 is 1.70 bits per heavy atom. The maximum Gasteiger partial charge on any atom is 0.251 e. The van der Waals surface area contributed by atoms with Gasteiger partial charge in [0.2, 0.25) is 0 Å². The van der Waals surface area contributed by atoms with E-state index in [-0.39, 0.29) is 11.9 Å². The number of benzene rings is 3. The highest BCUT2D eigenvalue weighted by atomic mass is 35.5. The minimum absolute atomic E-state index is 0.130. The van der Waals surface area contributed by atoms with E-state index in [9.17, 15) is 4.79 Å². The number of halogens is 2. The second-order valence-corrected chi connectivity index (χ2v) is 6.27. The number of rotatable bonds is 3. The summed E-state index contributed by atoms with van der Waals surface area (Å²) in [5.41, 5.74) is 1.46. The van der Waals surface area contributed by atoms with Crippen molar-refractivity contribution in [3.05, 3.63) is 81.8 Å². The molecule has 3 rings (SSSR count). The Balaban J connectivity index is 1.82. The third-order valence-electron chi connectivity index (χ3n) is 3.79. The van der Waals surface area contributed by atoms with E-state index in [4.69, 9.17) is 23.2 Å².